The lowest BCUT2D eigenvalue weighted by molar-refractivity contribution is -0.132. The summed E-state index contributed by atoms with van der Waals surface area (Å²) >= 11 is 0. The number of hydrogen-bond donors (Lipinski definition) is 1. The molecule has 0 saturated carbocycles. The van der Waals surface area contributed by atoms with Crippen molar-refractivity contribution in [3.63, 3.8) is 0 Å². The number of likely N-dealkylation sites (tertiary alicyclic amines) is 1. The van der Waals surface area contributed by atoms with Crippen LogP contribution in [0.3, 0.4) is 0 Å². The molecule has 0 aromatic carbocycles. The Balaban J connectivity index is 1.86. The molecule has 0 spiro atoms. The number of rotatable bonds is 2. The summed E-state index contributed by atoms with van der Waals surface area (Å²) in [6.07, 6.45) is 0.470. The zero-order chi connectivity index (χ0) is 10.8. The average molecular weight is 216 g/mol. The fourth-order valence-corrected chi connectivity index (χ4v) is 2.22. The molecule has 0 unspecified atom stereocenters. The van der Waals surface area contributed by atoms with E-state index >= 15 is 0 Å². The maximum atomic E-state index is 12.9. The molecule has 1 amide bonds. The molecule has 86 valence electrons. The highest BCUT2D eigenvalue weighted by Crippen LogP contribution is 2.17. The van der Waals surface area contributed by atoms with Crippen LogP contribution in [0.5, 0.6) is 0 Å². The van der Waals surface area contributed by atoms with Crippen molar-refractivity contribution in [2.45, 2.75) is 31.2 Å². The Morgan fingerprint density at radius 2 is 2.40 bits per heavy atom. The zero-order valence-electron chi connectivity index (χ0n) is 8.91. The normalized spacial score (nSPS) is 36.1. The van der Waals surface area contributed by atoms with Crippen molar-refractivity contribution in [1.82, 2.24) is 10.2 Å². The Kier molecular flexibility index (Phi) is 3.21. The first-order valence-electron chi connectivity index (χ1n) is 5.39. The van der Waals surface area contributed by atoms with Crippen LogP contribution in [-0.2, 0) is 9.53 Å². The third kappa shape index (κ3) is 2.29. The third-order valence-corrected chi connectivity index (χ3v) is 3.17. The van der Waals surface area contributed by atoms with Crippen LogP contribution in [0.4, 0.5) is 4.39 Å². The zero-order valence-corrected chi connectivity index (χ0v) is 8.91. The number of methoxy groups -OCH3 is 1. The van der Waals surface area contributed by atoms with Gasteiger partial charge in [0.15, 0.2) is 0 Å². The van der Waals surface area contributed by atoms with E-state index in [4.69, 9.17) is 4.74 Å². The minimum atomic E-state index is -0.875. The summed E-state index contributed by atoms with van der Waals surface area (Å²) in [5.41, 5.74) is 0. The monoisotopic (exact) mass is 216 g/mol. The minimum absolute atomic E-state index is 0.0229. The Morgan fingerprint density at radius 1 is 1.60 bits per heavy atom. The molecule has 0 radical (unpaired) electrons. The number of carbonyl (C=O) groups is 1. The molecule has 15 heavy (non-hydrogen) atoms. The van der Waals surface area contributed by atoms with Crippen LogP contribution in [0.1, 0.15) is 12.8 Å². The van der Waals surface area contributed by atoms with E-state index in [0.717, 1.165) is 13.0 Å². The largest absolute Gasteiger partial charge is 0.380 e. The van der Waals surface area contributed by atoms with Crippen LogP contribution in [0, 0.1) is 0 Å². The van der Waals surface area contributed by atoms with Gasteiger partial charge in [0.25, 0.3) is 0 Å². The van der Waals surface area contributed by atoms with Gasteiger partial charge in [-0.15, -0.1) is 0 Å². The van der Waals surface area contributed by atoms with E-state index in [1.54, 1.807) is 12.0 Å². The van der Waals surface area contributed by atoms with Gasteiger partial charge in [-0.3, -0.25) is 4.79 Å². The van der Waals surface area contributed by atoms with Crippen LogP contribution >= 0.6 is 0 Å². The first kappa shape index (κ1) is 10.8. The summed E-state index contributed by atoms with van der Waals surface area (Å²) in [4.78, 5) is 13.7. The number of carbonyl (C=O) groups excluding carboxylic acids is 1. The topological polar surface area (TPSA) is 41.6 Å². The van der Waals surface area contributed by atoms with E-state index in [-0.39, 0.29) is 18.1 Å². The molecule has 2 heterocycles. The Bertz CT molecular complexity index is 250. The van der Waals surface area contributed by atoms with Crippen LogP contribution in [0.2, 0.25) is 0 Å². The molecule has 0 aromatic heterocycles. The number of nitrogens with one attached hydrogen (secondary N) is 1. The molecule has 2 fully saturated rings. The van der Waals surface area contributed by atoms with Crippen LogP contribution in [0.25, 0.3) is 0 Å². The molecular weight excluding hydrogens is 199 g/mol. The van der Waals surface area contributed by atoms with Gasteiger partial charge < -0.3 is 15.0 Å². The standard InChI is InChI=1S/C10H17FN2O2/c1-15-8-2-3-13(6-8)10(14)9-4-7(11)5-12-9/h7-9,12H,2-6H2,1H3/t7-,8+,9+/m0/s1. The second-order valence-corrected chi connectivity index (χ2v) is 4.22. The third-order valence-electron chi connectivity index (χ3n) is 3.17. The minimum Gasteiger partial charge on any atom is -0.380 e. The maximum absolute atomic E-state index is 12.9. The predicted molar refractivity (Wildman–Crippen MR) is 53.3 cm³/mol. The van der Waals surface area contributed by atoms with Gasteiger partial charge in [0.1, 0.15) is 6.17 Å². The molecule has 0 aromatic rings. The summed E-state index contributed by atoms with van der Waals surface area (Å²) in [7, 11) is 1.66. The quantitative estimate of drug-likeness (QED) is 0.702. The van der Waals surface area contributed by atoms with Gasteiger partial charge in [-0.2, -0.15) is 0 Å². The highest BCUT2D eigenvalue weighted by molar-refractivity contribution is 5.82. The molecule has 0 aliphatic carbocycles. The fourth-order valence-electron chi connectivity index (χ4n) is 2.22. The lowest BCUT2D eigenvalue weighted by Gasteiger charge is -2.20. The van der Waals surface area contributed by atoms with Gasteiger partial charge in [0.05, 0.1) is 12.1 Å². The van der Waals surface area contributed by atoms with Gasteiger partial charge in [0, 0.05) is 33.2 Å². The first-order chi connectivity index (χ1) is 7.20. The number of hydrogen-bond acceptors (Lipinski definition) is 3. The Morgan fingerprint density at radius 3 is 2.93 bits per heavy atom. The number of alkyl halides is 1. The van der Waals surface area contributed by atoms with Crippen molar-refractivity contribution in [2.24, 2.45) is 0 Å². The summed E-state index contributed by atoms with van der Waals surface area (Å²) in [6, 6.07) is -0.324. The Hall–Kier alpha value is -0.680. The lowest BCUT2D eigenvalue weighted by atomic mass is 10.2. The van der Waals surface area contributed by atoms with Crippen LogP contribution in [-0.4, -0.2) is 55.9 Å². The van der Waals surface area contributed by atoms with Gasteiger partial charge in [-0.1, -0.05) is 0 Å². The smallest absolute Gasteiger partial charge is 0.239 e. The molecule has 2 aliphatic rings. The summed E-state index contributed by atoms with van der Waals surface area (Å²) < 4.78 is 18.1. The number of amides is 1. The van der Waals surface area contributed by atoms with Crippen molar-refractivity contribution in [3.05, 3.63) is 0 Å². The average Bonchev–Trinajstić information content (AvgIpc) is 2.84. The second kappa shape index (κ2) is 4.45. The van der Waals surface area contributed by atoms with E-state index in [1.807, 2.05) is 0 Å². The summed E-state index contributed by atoms with van der Waals surface area (Å²) in [5.74, 6) is 0.0229. The van der Waals surface area contributed by atoms with Gasteiger partial charge in [-0.25, -0.2) is 4.39 Å². The van der Waals surface area contributed by atoms with E-state index in [2.05, 4.69) is 5.32 Å². The number of ether oxygens (including phenoxy) is 1. The van der Waals surface area contributed by atoms with Gasteiger partial charge >= 0.3 is 0 Å². The molecule has 0 bridgehead atoms. The molecular formula is C10H17FN2O2. The number of halogens is 1. The van der Waals surface area contributed by atoms with Crippen molar-refractivity contribution < 1.29 is 13.9 Å². The van der Waals surface area contributed by atoms with Crippen molar-refractivity contribution in [1.29, 1.82) is 0 Å². The predicted octanol–water partition coefficient (Wildman–Crippen LogP) is -0.0663. The van der Waals surface area contributed by atoms with Gasteiger partial charge in [0.2, 0.25) is 5.91 Å². The highest BCUT2D eigenvalue weighted by Gasteiger charge is 2.35. The SMILES string of the molecule is CO[C@@H]1CCN(C(=O)[C@H]2C[C@H](F)CN2)C1. The molecule has 3 atom stereocenters. The molecule has 1 N–H and O–H groups in total. The van der Waals surface area contributed by atoms with E-state index in [1.165, 1.54) is 0 Å². The molecule has 5 heteroatoms. The molecule has 2 rings (SSSR count). The van der Waals surface area contributed by atoms with Crippen molar-refractivity contribution in [2.75, 3.05) is 26.7 Å². The van der Waals surface area contributed by atoms with Crippen LogP contribution in [0.15, 0.2) is 0 Å². The van der Waals surface area contributed by atoms with E-state index in [0.29, 0.717) is 19.5 Å². The number of nitrogens with zero attached hydrogens (tertiary/aromatic N) is 1. The molecule has 2 saturated heterocycles. The maximum Gasteiger partial charge on any atom is 0.239 e. The first-order valence-corrected chi connectivity index (χ1v) is 5.39. The van der Waals surface area contributed by atoms with Crippen molar-refractivity contribution in [3.8, 4) is 0 Å². The highest BCUT2D eigenvalue weighted by atomic mass is 19.1. The summed E-state index contributed by atoms with van der Waals surface area (Å²) in [5, 5.41) is 2.91. The summed E-state index contributed by atoms with van der Waals surface area (Å²) in [6.45, 7) is 1.68. The molecule has 4 nitrogen and oxygen atoms in total. The van der Waals surface area contributed by atoms with Crippen LogP contribution < -0.4 is 5.32 Å². The van der Waals surface area contributed by atoms with E-state index < -0.39 is 6.17 Å². The van der Waals surface area contributed by atoms with Crippen molar-refractivity contribution >= 4 is 5.91 Å². The van der Waals surface area contributed by atoms with E-state index in [9.17, 15) is 9.18 Å². The molecule has 2 aliphatic heterocycles. The fraction of sp³-hybridized carbons (Fsp3) is 0.900. The second-order valence-electron chi connectivity index (χ2n) is 4.22. The lowest BCUT2D eigenvalue weighted by Crippen LogP contribution is -2.42. The van der Waals surface area contributed by atoms with Gasteiger partial charge in [-0.05, 0) is 6.42 Å². The Labute approximate surface area is 88.8 Å².